The summed E-state index contributed by atoms with van der Waals surface area (Å²) in [6.45, 7) is 5.77. The zero-order chi connectivity index (χ0) is 25.6. The maximum Gasteiger partial charge on any atom is 0.416 e. The number of amides is 2. The monoisotopic (exact) mass is 510 g/mol. The van der Waals surface area contributed by atoms with Crippen LogP contribution in [-0.4, -0.2) is 53.9 Å². The quantitative estimate of drug-likeness (QED) is 0.460. The molecule has 35 heavy (non-hydrogen) atoms. The molecule has 0 spiro atoms. The van der Waals surface area contributed by atoms with Gasteiger partial charge in [-0.3, -0.25) is 9.59 Å². The van der Waals surface area contributed by atoms with Gasteiger partial charge in [0.05, 0.1) is 24.8 Å². The van der Waals surface area contributed by atoms with Crippen molar-refractivity contribution in [3.8, 4) is 0 Å². The van der Waals surface area contributed by atoms with Crippen molar-refractivity contribution in [3.63, 3.8) is 0 Å². The van der Waals surface area contributed by atoms with Crippen LogP contribution in [-0.2, 0) is 22.3 Å². The van der Waals surface area contributed by atoms with Gasteiger partial charge in [0.1, 0.15) is 0 Å². The van der Waals surface area contributed by atoms with Crippen LogP contribution in [0.5, 0.6) is 0 Å². The molecule has 0 N–H and O–H groups in total. The molecule has 190 valence electrons. The van der Waals surface area contributed by atoms with Gasteiger partial charge in [0.25, 0.3) is 5.91 Å². The molecule has 1 fully saturated rings. The summed E-state index contributed by atoms with van der Waals surface area (Å²) >= 11 is 5.93. The molecule has 1 saturated heterocycles. The second-order valence-electron chi connectivity index (χ2n) is 9.13. The third kappa shape index (κ3) is 7.70. The molecular weight excluding hydrogens is 481 g/mol. The number of carbonyl (C=O) groups is 2. The number of nitrogens with zero attached hydrogens (tertiary/aromatic N) is 2. The number of ether oxygens (including phenoxy) is 1. The molecule has 1 aliphatic heterocycles. The van der Waals surface area contributed by atoms with Crippen LogP contribution in [0.2, 0.25) is 5.02 Å². The molecule has 5 nitrogen and oxygen atoms in total. The predicted octanol–water partition coefficient (Wildman–Crippen LogP) is 5.66. The number of rotatable bonds is 8. The Hall–Kier alpha value is -2.58. The van der Waals surface area contributed by atoms with Gasteiger partial charge in [-0.25, -0.2) is 0 Å². The summed E-state index contributed by atoms with van der Waals surface area (Å²) in [4.78, 5) is 29.2. The van der Waals surface area contributed by atoms with Crippen molar-refractivity contribution in [3.05, 3.63) is 70.2 Å². The van der Waals surface area contributed by atoms with Crippen LogP contribution in [0.1, 0.15) is 48.2 Å². The maximum absolute atomic E-state index is 13.0. The largest absolute Gasteiger partial charge is 0.416 e. The minimum Gasteiger partial charge on any atom is -0.375 e. The van der Waals surface area contributed by atoms with Crippen molar-refractivity contribution < 1.29 is 27.5 Å². The minimum absolute atomic E-state index is 0.0616. The molecular formula is C26H30ClF3N2O3. The zero-order valence-electron chi connectivity index (χ0n) is 19.9. The fraction of sp³-hybridized carbons (Fsp3) is 0.462. The van der Waals surface area contributed by atoms with Crippen LogP contribution in [0, 0.1) is 5.92 Å². The highest BCUT2D eigenvalue weighted by Crippen LogP contribution is 2.29. The zero-order valence-corrected chi connectivity index (χ0v) is 20.6. The molecule has 2 aromatic rings. The van der Waals surface area contributed by atoms with Gasteiger partial charge in [0.2, 0.25) is 5.91 Å². The van der Waals surface area contributed by atoms with Gasteiger partial charge < -0.3 is 14.5 Å². The lowest BCUT2D eigenvalue weighted by molar-refractivity contribution is -0.137. The van der Waals surface area contributed by atoms with E-state index in [4.69, 9.17) is 16.3 Å². The summed E-state index contributed by atoms with van der Waals surface area (Å²) in [5.74, 6) is -0.110. The van der Waals surface area contributed by atoms with E-state index < -0.39 is 11.7 Å². The van der Waals surface area contributed by atoms with Gasteiger partial charge in [-0.2, -0.15) is 13.2 Å². The molecule has 0 bridgehead atoms. The highest BCUT2D eigenvalue weighted by atomic mass is 35.5. The van der Waals surface area contributed by atoms with Crippen LogP contribution < -0.4 is 0 Å². The van der Waals surface area contributed by atoms with Crippen LogP contribution in [0.4, 0.5) is 13.2 Å². The fourth-order valence-electron chi connectivity index (χ4n) is 4.14. The topological polar surface area (TPSA) is 49.9 Å². The van der Waals surface area contributed by atoms with E-state index in [-0.39, 0.29) is 36.4 Å². The van der Waals surface area contributed by atoms with Gasteiger partial charge in [-0.05, 0) is 54.3 Å². The van der Waals surface area contributed by atoms with Gasteiger partial charge in [-0.15, -0.1) is 0 Å². The van der Waals surface area contributed by atoms with Crippen LogP contribution in [0.15, 0.2) is 48.5 Å². The average Bonchev–Trinajstić information content (AvgIpc) is 3.00. The summed E-state index contributed by atoms with van der Waals surface area (Å²) in [5, 5.41) is 0.650. The lowest BCUT2D eigenvalue weighted by Gasteiger charge is -2.32. The molecule has 0 aromatic heterocycles. The van der Waals surface area contributed by atoms with Crippen molar-refractivity contribution in [1.29, 1.82) is 0 Å². The Morgan fingerprint density at radius 1 is 1.03 bits per heavy atom. The summed E-state index contributed by atoms with van der Waals surface area (Å²) < 4.78 is 44.4. The summed E-state index contributed by atoms with van der Waals surface area (Å²) in [5.41, 5.74) is 0.346. The van der Waals surface area contributed by atoms with Crippen molar-refractivity contribution in [2.75, 3.05) is 26.2 Å². The van der Waals surface area contributed by atoms with E-state index >= 15 is 0 Å². The molecule has 1 atom stereocenters. The molecule has 0 unspecified atom stereocenters. The number of hydrogen-bond donors (Lipinski definition) is 0. The second kappa shape index (κ2) is 11.9. The summed E-state index contributed by atoms with van der Waals surface area (Å²) in [6.07, 6.45) is -3.56. The van der Waals surface area contributed by atoms with Gasteiger partial charge >= 0.3 is 6.18 Å². The normalized spacial score (nSPS) is 15.9. The number of carbonyl (C=O) groups excluding carboxylic acids is 2. The van der Waals surface area contributed by atoms with E-state index in [0.29, 0.717) is 37.2 Å². The molecule has 3 rings (SSSR count). The van der Waals surface area contributed by atoms with E-state index in [9.17, 15) is 22.8 Å². The molecule has 0 radical (unpaired) electrons. The van der Waals surface area contributed by atoms with Crippen molar-refractivity contribution >= 4 is 23.4 Å². The first-order valence-electron chi connectivity index (χ1n) is 11.6. The number of halogens is 4. The van der Waals surface area contributed by atoms with Crippen LogP contribution in [0.3, 0.4) is 0 Å². The SMILES string of the molecule is CC(C)C[C@@H](COCc1ccc(Cl)cc1)N1CCN(C(=O)c2ccc(C(F)(F)F)cc2)CCC1=O. The number of benzene rings is 2. The third-order valence-corrected chi connectivity index (χ3v) is 6.20. The Kier molecular flexibility index (Phi) is 9.19. The van der Waals surface area contributed by atoms with E-state index in [1.807, 2.05) is 12.1 Å². The first kappa shape index (κ1) is 27.0. The molecule has 0 saturated carbocycles. The van der Waals surface area contributed by atoms with Crippen LogP contribution in [0.25, 0.3) is 0 Å². The molecule has 2 aromatic carbocycles. The lowest BCUT2D eigenvalue weighted by Crippen LogP contribution is -2.45. The first-order valence-corrected chi connectivity index (χ1v) is 12.0. The van der Waals surface area contributed by atoms with Gasteiger partial charge in [0, 0.05) is 36.6 Å². The predicted molar refractivity (Wildman–Crippen MR) is 128 cm³/mol. The van der Waals surface area contributed by atoms with Crippen molar-refractivity contribution in [2.24, 2.45) is 5.92 Å². The maximum atomic E-state index is 13.0. The molecule has 2 amide bonds. The highest BCUT2D eigenvalue weighted by molar-refractivity contribution is 6.30. The lowest BCUT2D eigenvalue weighted by atomic mass is 10.0. The molecule has 1 heterocycles. The minimum atomic E-state index is -4.46. The van der Waals surface area contributed by atoms with Gasteiger partial charge in [0.15, 0.2) is 0 Å². The number of hydrogen-bond acceptors (Lipinski definition) is 3. The van der Waals surface area contributed by atoms with Crippen LogP contribution >= 0.6 is 11.6 Å². The summed E-state index contributed by atoms with van der Waals surface area (Å²) in [7, 11) is 0. The fourth-order valence-corrected chi connectivity index (χ4v) is 4.26. The standard InChI is InChI=1S/C26H30ClF3N2O3/c1-18(2)15-23(17-35-16-19-3-9-22(27)10-4-19)32-14-13-31(12-11-24(32)33)25(34)20-5-7-21(8-6-20)26(28,29)30/h3-10,18,23H,11-17H2,1-2H3/t23-/m0/s1. The van der Waals surface area contributed by atoms with E-state index in [1.165, 1.54) is 17.0 Å². The second-order valence-corrected chi connectivity index (χ2v) is 9.57. The highest BCUT2D eigenvalue weighted by Gasteiger charge is 2.32. The van der Waals surface area contributed by atoms with E-state index in [1.54, 1.807) is 17.0 Å². The summed E-state index contributed by atoms with van der Waals surface area (Å²) in [6, 6.07) is 11.4. The van der Waals surface area contributed by atoms with Crippen molar-refractivity contribution in [2.45, 2.75) is 45.5 Å². The Bertz CT molecular complexity index is 994. The Morgan fingerprint density at radius 3 is 2.29 bits per heavy atom. The molecule has 1 aliphatic rings. The Labute approximate surface area is 208 Å². The smallest absolute Gasteiger partial charge is 0.375 e. The van der Waals surface area contributed by atoms with E-state index in [2.05, 4.69) is 13.8 Å². The van der Waals surface area contributed by atoms with E-state index in [0.717, 1.165) is 24.1 Å². The molecule has 9 heteroatoms. The molecule has 0 aliphatic carbocycles. The average molecular weight is 511 g/mol. The Morgan fingerprint density at radius 2 is 1.69 bits per heavy atom. The third-order valence-electron chi connectivity index (χ3n) is 5.95. The van der Waals surface area contributed by atoms with Gasteiger partial charge in [-0.1, -0.05) is 37.6 Å². The Balaban J connectivity index is 1.63. The number of alkyl halides is 3. The van der Waals surface area contributed by atoms with Crippen molar-refractivity contribution in [1.82, 2.24) is 9.80 Å². The first-order chi connectivity index (χ1) is 16.5.